The average Bonchev–Trinajstić information content (AvgIpc) is 3.07. The first kappa shape index (κ1) is 27.9. The summed E-state index contributed by atoms with van der Waals surface area (Å²) in [5.41, 5.74) is 4.94. The van der Waals surface area contributed by atoms with Gasteiger partial charge in [-0.3, -0.25) is 9.48 Å². The first-order valence-electron chi connectivity index (χ1n) is 12.4. The van der Waals surface area contributed by atoms with Crippen molar-refractivity contribution in [1.82, 2.24) is 25.1 Å². The number of hydrogen-bond acceptors (Lipinski definition) is 8. The molecule has 0 fully saturated rings. The van der Waals surface area contributed by atoms with Crippen LogP contribution in [0.1, 0.15) is 56.7 Å². The Balaban J connectivity index is 1.55. The third-order valence-electron chi connectivity index (χ3n) is 7.05. The van der Waals surface area contributed by atoms with Crippen molar-refractivity contribution in [3.63, 3.8) is 0 Å². The Morgan fingerprint density at radius 1 is 1.30 bits per heavy atom. The van der Waals surface area contributed by atoms with Crippen LogP contribution in [0.2, 0.25) is 5.02 Å². The molecule has 0 saturated heterocycles. The van der Waals surface area contributed by atoms with E-state index >= 15 is 4.39 Å². The highest BCUT2D eigenvalue weighted by Crippen LogP contribution is 2.44. The van der Waals surface area contributed by atoms with Crippen LogP contribution in [0.3, 0.4) is 0 Å². The van der Waals surface area contributed by atoms with E-state index < -0.39 is 40.8 Å². The third kappa shape index (κ3) is 4.79. The number of fused-ring (bicyclic) bond motifs is 2. The fraction of sp³-hybridized carbons (Fsp3) is 0.440. The molecule has 1 amide bonds. The Hall–Kier alpha value is -3.65. The number of aromatic nitrogens is 4. The minimum Gasteiger partial charge on any atom is -0.467 e. The number of benzene rings is 1. The lowest BCUT2D eigenvalue weighted by Crippen LogP contribution is -2.29. The Morgan fingerprint density at radius 3 is 2.73 bits per heavy atom. The molecule has 0 aliphatic carbocycles. The molecule has 214 valence electrons. The fourth-order valence-corrected chi connectivity index (χ4v) is 5.50. The summed E-state index contributed by atoms with van der Waals surface area (Å²) in [6.45, 7) is 2.30. The van der Waals surface area contributed by atoms with Gasteiger partial charge in [-0.2, -0.15) is 28.2 Å². The number of carbonyl (C=O) groups is 1. The highest BCUT2D eigenvalue weighted by Gasteiger charge is 2.41. The van der Waals surface area contributed by atoms with Crippen LogP contribution in [-0.4, -0.2) is 46.4 Å². The maximum atomic E-state index is 15.1. The molecule has 1 unspecified atom stereocenters. The van der Waals surface area contributed by atoms with Gasteiger partial charge >= 0.3 is 12.2 Å². The van der Waals surface area contributed by atoms with E-state index in [1.165, 1.54) is 21.1 Å². The van der Waals surface area contributed by atoms with Gasteiger partial charge in [0.2, 0.25) is 0 Å². The number of nitrogens with two attached hydrogens (primary N) is 1. The Labute approximate surface area is 231 Å². The van der Waals surface area contributed by atoms with Gasteiger partial charge in [-0.1, -0.05) is 11.6 Å². The highest BCUT2D eigenvalue weighted by atomic mass is 35.5. The summed E-state index contributed by atoms with van der Waals surface area (Å²) in [5.74, 6) is -1.15. The molecule has 0 bridgehead atoms. The van der Waals surface area contributed by atoms with Crippen LogP contribution >= 0.6 is 11.6 Å². The maximum Gasteiger partial charge on any atom is 0.417 e. The standard InChI is InChI=1S/C25H26ClF4N7O3/c1-11-7-13(31)20(27)17(18(11)25(28,29)30)16-8-14-12(10-40-16)22(34-24(33-14)39-3)36-5-4-6-37-15(9-36)19(26)21(35-37)23(38)32-2/h7,16H,4-6,8-10,31H2,1-3H3,(H,32,38). The summed E-state index contributed by atoms with van der Waals surface area (Å²) >= 11 is 6.53. The molecule has 1 aromatic carbocycles. The molecule has 15 heteroatoms. The van der Waals surface area contributed by atoms with Crippen LogP contribution < -0.4 is 20.7 Å². The zero-order chi connectivity index (χ0) is 28.9. The van der Waals surface area contributed by atoms with E-state index in [-0.39, 0.29) is 41.9 Å². The molecule has 3 N–H and O–H groups in total. The average molecular weight is 584 g/mol. The largest absolute Gasteiger partial charge is 0.467 e. The van der Waals surface area contributed by atoms with Crippen LogP contribution in [0.15, 0.2) is 6.07 Å². The van der Waals surface area contributed by atoms with Gasteiger partial charge in [0, 0.05) is 37.7 Å². The molecule has 5 rings (SSSR count). The number of amides is 1. The Bertz CT molecular complexity index is 1490. The van der Waals surface area contributed by atoms with Crippen molar-refractivity contribution in [2.75, 3.05) is 31.3 Å². The highest BCUT2D eigenvalue weighted by molar-refractivity contribution is 6.34. The molecular formula is C25H26ClF4N7O3. The van der Waals surface area contributed by atoms with E-state index in [0.29, 0.717) is 42.3 Å². The van der Waals surface area contributed by atoms with E-state index in [2.05, 4.69) is 20.4 Å². The Morgan fingerprint density at radius 2 is 2.05 bits per heavy atom. The monoisotopic (exact) mass is 583 g/mol. The summed E-state index contributed by atoms with van der Waals surface area (Å²) in [6, 6.07) is 0.955. The number of nitrogen functional groups attached to an aromatic ring is 1. The summed E-state index contributed by atoms with van der Waals surface area (Å²) < 4.78 is 70.0. The van der Waals surface area contributed by atoms with Gasteiger partial charge in [0.1, 0.15) is 5.82 Å². The van der Waals surface area contributed by atoms with Gasteiger partial charge in [0.25, 0.3) is 5.91 Å². The number of nitrogens with one attached hydrogen (secondary N) is 1. The van der Waals surface area contributed by atoms with Gasteiger partial charge in [0.05, 0.1) is 54.0 Å². The van der Waals surface area contributed by atoms with Gasteiger partial charge < -0.3 is 25.4 Å². The molecule has 0 saturated carbocycles. The predicted octanol–water partition coefficient (Wildman–Crippen LogP) is 3.97. The van der Waals surface area contributed by atoms with Crippen molar-refractivity contribution >= 4 is 29.0 Å². The van der Waals surface area contributed by atoms with Crippen molar-refractivity contribution in [2.24, 2.45) is 0 Å². The minimum atomic E-state index is -4.83. The van der Waals surface area contributed by atoms with E-state index in [9.17, 15) is 18.0 Å². The molecule has 1 atom stereocenters. The van der Waals surface area contributed by atoms with Crippen molar-refractivity contribution in [3.05, 3.63) is 56.2 Å². The number of anilines is 2. The zero-order valence-electron chi connectivity index (χ0n) is 21.8. The molecule has 0 radical (unpaired) electrons. The first-order valence-corrected chi connectivity index (χ1v) is 12.8. The lowest BCUT2D eigenvalue weighted by molar-refractivity contribution is -0.140. The van der Waals surface area contributed by atoms with Gasteiger partial charge in [0.15, 0.2) is 11.5 Å². The number of hydrogen-bond donors (Lipinski definition) is 2. The second kappa shape index (κ2) is 10.4. The third-order valence-corrected chi connectivity index (χ3v) is 7.44. The fourth-order valence-electron chi connectivity index (χ4n) is 5.22. The molecule has 0 spiro atoms. The summed E-state index contributed by atoms with van der Waals surface area (Å²) in [6.07, 6.45) is -5.66. The van der Waals surface area contributed by atoms with Gasteiger partial charge in [-0.05, 0) is 25.0 Å². The second-order valence-electron chi connectivity index (χ2n) is 9.53. The molecule has 40 heavy (non-hydrogen) atoms. The number of carbonyl (C=O) groups excluding carboxylic acids is 1. The van der Waals surface area contributed by atoms with Crippen LogP contribution in [0.5, 0.6) is 6.01 Å². The molecule has 10 nitrogen and oxygen atoms in total. The van der Waals surface area contributed by atoms with Crippen LogP contribution in [-0.2, 0) is 37.0 Å². The van der Waals surface area contributed by atoms with E-state index in [4.69, 9.17) is 26.8 Å². The quantitative estimate of drug-likeness (QED) is 0.350. The number of ether oxygens (including phenoxy) is 2. The minimum absolute atomic E-state index is 0.00965. The van der Waals surface area contributed by atoms with Crippen molar-refractivity contribution < 1.29 is 31.8 Å². The number of nitrogens with zero attached hydrogens (tertiary/aromatic N) is 5. The van der Waals surface area contributed by atoms with Crippen LogP contribution in [0, 0.1) is 12.7 Å². The lowest BCUT2D eigenvalue weighted by atomic mass is 9.91. The summed E-state index contributed by atoms with van der Waals surface area (Å²) in [5, 5.41) is 7.08. The van der Waals surface area contributed by atoms with Gasteiger partial charge in [-0.25, -0.2) is 4.39 Å². The number of rotatable bonds is 4. The van der Waals surface area contributed by atoms with E-state index in [1.54, 1.807) is 4.68 Å². The SMILES string of the molecule is CNC(=O)c1nn2c(c1Cl)CN(c1nc(OC)nc3c1COC(c1c(F)c(N)cc(C)c1C(F)(F)F)C3)CCC2. The van der Waals surface area contributed by atoms with Crippen LogP contribution in [0.25, 0.3) is 0 Å². The summed E-state index contributed by atoms with van der Waals surface area (Å²) in [7, 11) is 2.85. The predicted molar refractivity (Wildman–Crippen MR) is 137 cm³/mol. The van der Waals surface area contributed by atoms with Crippen molar-refractivity contribution in [1.29, 1.82) is 0 Å². The molecule has 2 aliphatic rings. The molecule has 3 aromatic rings. The van der Waals surface area contributed by atoms with Gasteiger partial charge in [-0.15, -0.1) is 0 Å². The van der Waals surface area contributed by atoms with E-state index in [0.717, 1.165) is 6.07 Å². The normalized spacial score (nSPS) is 17.2. The number of methoxy groups -OCH3 is 1. The number of halogens is 5. The number of aryl methyl sites for hydroxylation is 2. The molecule has 4 heterocycles. The van der Waals surface area contributed by atoms with Crippen LogP contribution in [0.4, 0.5) is 29.1 Å². The number of alkyl halides is 3. The lowest BCUT2D eigenvalue weighted by Gasteiger charge is -2.32. The Kier molecular flexibility index (Phi) is 7.25. The first-order chi connectivity index (χ1) is 18.9. The molecule has 2 aromatic heterocycles. The maximum absolute atomic E-state index is 15.1. The summed E-state index contributed by atoms with van der Waals surface area (Å²) in [4.78, 5) is 23.0. The zero-order valence-corrected chi connectivity index (χ0v) is 22.6. The molecule has 2 aliphatic heterocycles. The topological polar surface area (TPSA) is 120 Å². The van der Waals surface area contributed by atoms with E-state index in [1.807, 2.05) is 4.90 Å². The molecular weight excluding hydrogens is 558 g/mol. The van der Waals surface area contributed by atoms with Crippen molar-refractivity contribution in [3.8, 4) is 6.01 Å². The second-order valence-corrected chi connectivity index (χ2v) is 9.91. The van der Waals surface area contributed by atoms with Crippen molar-refractivity contribution in [2.45, 2.75) is 51.7 Å². The smallest absolute Gasteiger partial charge is 0.417 e.